The summed E-state index contributed by atoms with van der Waals surface area (Å²) in [6.07, 6.45) is 17.6. The number of H-pyrrole nitrogens is 1. The van der Waals surface area contributed by atoms with Crippen LogP contribution in [0, 0.1) is 5.41 Å². The maximum atomic E-state index is 5.81. The standard InChI is InChI=1S/C37H50N4/c1-9-32(10-2)26-18-17-19-27(38-26)33(11-3,12-4)30-22-24-36(40-30)35(15-7,16-8)37(36)25-23-31(41-37)34(13-5,14-6)29-21-20-28(32)39-29/h17-25,39H,9-16H2,1-8H3/t36-,37+/m1/s1. The number of pyridine rings is 1. The van der Waals surface area contributed by atoms with E-state index in [9.17, 15) is 0 Å². The van der Waals surface area contributed by atoms with Gasteiger partial charge < -0.3 is 4.98 Å². The molecule has 1 fully saturated rings. The Labute approximate surface area is 248 Å². The van der Waals surface area contributed by atoms with Gasteiger partial charge in [-0.2, -0.15) is 0 Å². The lowest BCUT2D eigenvalue weighted by Crippen LogP contribution is -2.36. The second-order valence-corrected chi connectivity index (χ2v) is 13.0. The smallest absolute Gasteiger partial charge is 0.117 e. The Morgan fingerprint density at radius 1 is 0.537 bits per heavy atom. The summed E-state index contributed by atoms with van der Waals surface area (Å²) in [4.78, 5) is 21.2. The van der Waals surface area contributed by atoms with Crippen LogP contribution in [0.25, 0.3) is 0 Å². The summed E-state index contributed by atoms with van der Waals surface area (Å²) in [6.45, 7) is 18.6. The molecule has 5 heterocycles. The lowest BCUT2D eigenvalue weighted by molar-refractivity contribution is 0.398. The highest BCUT2D eigenvalue weighted by Gasteiger charge is 2.86. The molecule has 0 saturated heterocycles. The van der Waals surface area contributed by atoms with Crippen LogP contribution in [-0.4, -0.2) is 32.5 Å². The van der Waals surface area contributed by atoms with Crippen molar-refractivity contribution >= 4 is 11.4 Å². The van der Waals surface area contributed by atoms with Crippen LogP contribution in [-0.2, 0) is 16.2 Å². The van der Waals surface area contributed by atoms with Crippen LogP contribution in [0.4, 0.5) is 0 Å². The summed E-state index contributed by atoms with van der Waals surface area (Å²) in [5.74, 6) is 0. The van der Waals surface area contributed by atoms with Gasteiger partial charge in [-0.25, -0.2) is 0 Å². The molecule has 4 nitrogen and oxygen atoms in total. The zero-order valence-corrected chi connectivity index (χ0v) is 26.7. The molecule has 0 amide bonds. The van der Waals surface area contributed by atoms with Gasteiger partial charge in [-0.05, 0) is 87.8 Å². The monoisotopic (exact) mass is 550 g/mol. The fourth-order valence-corrected chi connectivity index (χ4v) is 9.75. The molecule has 1 N–H and O–H groups in total. The molecule has 1 saturated carbocycles. The van der Waals surface area contributed by atoms with Crippen LogP contribution < -0.4 is 0 Å². The molecule has 41 heavy (non-hydrogen) atoms. The van der Waals surface area contributed by atoms with Crippen molar-refractivity contribution in [2.24, 2.45) is 15.4 Å². The summed E-state index contributed by atoms with van der Waals surface area (Å²) in [5.41, 5.74) is 6.08. The van der Waals surface area contributed by atoms with Gasteiger partial charge in [0.25, 0.3) is 0 Å². The Morgan fingerprint density at radius 3 is 1.44 bits per heavy atom. The Kier molecular flexibility index (Phi) is 6.49. The zero-order chi connectivity index (χ0) is 29.3. The Bertz CT molecular complexity index is 1450. The molecule has 0 unspecified atom stereocenters. The Morgan fingerprint density at radius 2 is 0.976 bits per heavy atom. The second-order valence-electron chi connectivity index (χ2n) is 13.0. The topological polar surface area (TPSA) is 53.4 Å². The van der Waals surface area contributed by atoms with Gasteiger partial charge in [0.15, 0.2) is 0 Å². The van der Waals surface area contributed by atoms with Gasteiger partial charge in [0.2, 0.25) is 0 Å². The van der Waals surface area contributed by atoms with Gasteiger partial charge in [0.1, 0.15) is 11.1 Å². The number of aromatic nitrogens is 2. The van der Waals surface area contributed by atoms with E-state index < -0.39 is 0 Å². The van der Waals surface area contributed by atoms with Gasteiger partial charge in [-0.1, -0.05) is 73.6 Å². The molecule has 1 aliphatic carbocycles. The molecular formula is C37H50N4. The van der Waals surface area contributed by atoms with Crippen molar-refractivity contribution in [2.45, 2.75) is 134 Å². The van der Waals surface area contributed by atoms with E-state index in [1.807, 2.05) is 0 Å². The van der Waals surface area contributed by atoms with E-state index in [4.69, 9.17) is 15.0 Å². The predicted octanol–water partition coefficient (Wildman–Crippen LogP) is 8.96. The predicted molar refractivity (Wildman–Crippen MR) is 173 cm³/mol. The quantitative estimate of drug-likeness (QED) is 0.350. The SMILES string of the molecule is CCC1(CC)C2=N[C@]3(C=C2)C(CC)(CC)[C@@]32C=CC(=N2)C(CC)(CC)c2ccc([nH]2)C(CC)(CC)c2cccc1n2. The van der Waals surface area contributed by atoms with Crippen LogP contribution in [0.1, 0.15) is 130 Å². The lowest BCUT2D eigenvalue weighted by Gasteiger charge is -2.35. The average molecular weight is 551 g/mol. The van der Waals surface area contributed by atoms with E-state index in [0.717, 1.165) is 57.1 Å². The highest BCUT2D eigenvalue weighted by Crippen LogP contribution is 2.77. The minimum Gasteiger partial charge on any atom is -0.361 e. The number of hydrogen-bond acceptors (Lipinski definition) is 3. The van der Waals surface area contributed by atoms with E-state index in [0.29, 0.717) is 0 Å². The first-order chi connectivity index (χ1) is 19.8. The molecule has 218 valence electrons. The minimum atomic E-state index is -0.324. The van der Waals surface area contributed by atoms with E-state index in [-0.39, 0.29) is 32.7 Å². The lowest BCUT2D eigenvalue weighted by atomic mass is 9.72. The minimum absolute atomic E-state index is 0.0102. The highest BCUT2D eigenvalue weighted by molar-refractivity contribution is 6.09. The van der Waals surface area contributed by atoms with Gasteiger partial charge in [0, 0.05) is 28.2 Å². The van der Waals surface area contributed by atoms with Crippen molar-refractivity contribution in [3.8, 4) is 0 Å². The molecule has 6 rings (SSSR count). The average Bonchev–Trinajstić information content (AvgIpc) is 3.64. The number of aromatic amines is 1. The summed E-state index contributed by atoms with van der Waals surface area (Å²) in [6, 6.07) is 11.5. The molecular weight excluding hydrogens is 500 g/mol. The van der Waals surface area contributed by atoms with Crippen molar-refractivity contribution in [3.63, 3.8) is 0 Å². The van der Waals surface area contributed by atoms with Gasteiger partial charge in [0.05, 0.1) is 27.6 Å². The molecule has 2 spiro atoms. The summed E-state index contributed by atoms with van der Waals surface area (Å²) in [5, 5.41) is 0. The van der Waals surface area contributed by atoms with E-state index in [2.05, 4.69) is 115 Å². The van der Waals surface area contributed by atoms with E-state index in [1.165, 1.54) is 28.5 Å². The van der Waals surface area contributed by atoms with Gasteiger partial charge in [-0.3, -0.25) is 15.0 Å². The normalized spacial score (nSPS) is 28.9. The number of hydrogen-bond donors (Lipinski definition) is 1. The number of aliphatic imine (C=N–C) groups is 2. The van der Waals surface area contributed by atoms with Crippen LogP contribution in [0.2, 0.25) is 0 Å². The fourth-order valence-electron chi connectivity index (χ4n) is 9.75. The van der Waals surface area contributed by atoms with Crippen molar-refractivity contribution in [2.75, 3.05) is 0 Å². The molecule has 3 aliphatic heterocycles. The molecule has 2 aromatic heterocycles. The third-order valence-electron chi connectivity index (χ3n) is 12.8. The number of rotatable bonds is 8. The van der Waals surface area contributed by atoms with Gasteiger partial charge in [-0.15, -0.1) is 0 Å². The Balaban J connectivity index is 1.71. The van der Waals surface area contributed by atoms with E-state index in [1.54, 1.807) is 0 Å². The molecule has 2 atom stereocenters. The molecule has 0 aromatic carbocycles. The summed E-state index contributed by atoms with van der Waals surface area (Å²) < 4.78 is 0. The van der Waals surface area contributed by atoms with Crippen molar-refractivity contribution in [1.82, 2.24) is 9.97 Å². The maximum absolute atomic E-state index is 5.81. The van der Waals surface area contributed by atoms with E-state index >= 15 is 0 Å². The molecule has 4 heteroatoms. The summed E-state index contributed by atoms with van der Waals surface area (Å²) in [7, 11) is 0. The van der Waals surface area contributed by atoms with Crippen LogP contribution in [0.3, 0.4) is 0 Å². The number of allylic oxidation sites excluding steroid dienone is 2. The third kappa shape index (κ3) is 3.05. The third-order valence-corrected chi connectivity index (χ3v) is 12.8. The second kappa shape index (κ2) is 9.38. The largest absolute Gasteiger partial charge is 0.361 e. The summed E-state index contributed by atoms with van der Waals surface area (Å²) >= 11 is 0. The number of fused-ring (bicyclic) bond motifs is 4. The van der Waals surface area contributed by atoms with Gasteiger partial charge >= 0.3 is 0 Å². The van der Waals surface area contributed by atoms with Crippen molar-refractivity contribution in [3.05, 3.63) is 77.4 Å². The van der Waals surface area contributed by atoms with Crippen molar-refractivity contribution < 1.29 is 0 Å². The molecule has 8 bridgehead atoms. The highest BCUT2D eigenvalue weighted by atomic mass is 15.2. The molecule has 0 radical (unpaired) electrons. The van der Waals surface area contributed by atoms with Crippen LogP contribution >= 0.6 is 0 Å². The fraction of sp³-hybridized carbons (Fsp3) is 0.595. The first-order valence-electron chi connectivity index (χ1n) is 16.6. The number of nitrogens with zero attached hydrogens (tertiary/aromatic N) is 3. The van der Waals surface area contributed by atoms with Crippen LogP contribution in [0.5, 0.6) is 0 Å². The van der Waals surface area contributed by atoms with Crippen LogP contribution in [0.15, 0.2) is 64.6 Å². The molecule has 2 aromatic rings. The zero-order valence-electron chi connectivity index (χ0n) is 26.7. The number of nitrogens with one attached hydrogen (secondary N) is 1. The van der Waals surface area contributed by atoms with Crippen molar-refractivity contribution in [1.29, 1.82) is 0 Å². The first kappa shape index (κ1) is 28.4. The Hall–Kier alpha value is -2.75. The molecule has 4 aliphatic rings. The maximum Gasteiger partial charge on any atom is 0.117 e. The first-order valence-corrected chi connectivity index (χ1v) is 16.6.